The predicted molar refractivity (Wildman–Crippen MR) is 119 cm³/mol. The van der Waals surface area contributed by atoms with Gasteiger partial charge in [0.2, 0.25) is 15.9 Å². The second-order valence-corrected chi connectivity index (χ2v) is 10.6. The number of piperidine rings is 1. The van der Waals surface area contributed by atoms with Gasteiger partial charge in [-0.2, -0.15) is 4.31 Å². The molecular weight excluding hydrogens is 396 g/mol. The van der Waals surface area contributed by atoms with Crippen LogP contribution in [0.15, 0.2) is 41.3 Å². The Morgan fingerprint density at radius 2 is 1.67 bits per heavy atom. The third kappa shape index (κ3) is 4.30. The van der Waals surface area contributed by atoms with E-state index in [1.165, 1.54) is 17.5 Å². The van der Waals surface area contributed by atoms with Crippen LogP contribution in [0.3, 0.4) is 0 Å². The molecule has 160 valence electrons. The van der Waals surface area contributed by atoms with Crippen molar-refractivity contribution in [1.29, 1.82) is 0 Å². The molecule has 30 heavy (non-hydrogen) atoms. The first-order valence-electron chi connectivity index (χ1n) is 10.8. The average Bonchev–Trinajstić information content (AvgIpc) is 2.76. The number of aryl methyl sites for hydroxylation is 4. The number of fused-ring (bicyclic) bond motifs is 1. The van der Waals surface area contributed by atoms with Gasteiger partial charge in [0.1, 0.15) is 0 Å². The Labute approximate surface area is 179 Å². The molecule has 6 heteroatoms. The molecule has 1 aliphatic heterocycles. The molecule has 1 N–H and O–H groups in total. The Hall–Kier alpha value is -2.18. The van der Waals surface area contributed by atoms with Crippen molar-refractivity contribution in [2.75, 3.05) is 18.4 Å². The van der Waals surface area contributed by atoms with Crippen molar-refractivity contribution in [2.45, 2.75) is 57.3 Å². The summed E-state index contributed by atoms with van der Waals surface area (Å²) in [7, 11) is -3.51. The minimum Gasteiger partial charge on any atom is -0.326 e. The van der Waals surface area contributed by atoms with Gasteiger partial charge in [0.15, 0.2) is 0 Å². The first-order valence-corrected chi connectivity index (χ1v) is 12.3. The summed E-state index contributed by atoms with van der Waals surface area (Å²) in [5.41, 5.74) is 5.42. The Bertz CT molecular complexity index is 1050. The Morgan fingerprint density at radius 3 is 2.40 bits per heavy atom. The van der Waals surface area contributed by atoms with Gasteiger partial charge in [-0.15, -0.1) is 0 Å². The van der Waals surface area contributed by atoms with E-state index in [9.17, 15) is 13.2 Å². The molecule has 0 atom stereocenters. The molecule has 0 spiro atoms. The van der Waals surface area contributed by atoms with Crippen molar-refractivity contribution in [2.24, 2.45) is 5.92 Å². The zero-order valence-electron chi connectivity index (χ0n) is 17.8. The fourth-order valence-corrected chi connectivity index (χ4v) is 6.00. The highest BCUT2D eigenvalue weighted by Gasteiger charge is 2.32. The maximum Gasteiger partial charge on any atom is 0.243 e. The van der Waals surface area contributed by atoms with Crippen LogP contribution in [0, 0.1) is 19.8 Å². The van der Waals surface area contributed by atoms with E-state index in [-0.39, 0.29) is 11.8 Å². The number of nitrogens with one attached hydrogen (secondary N) is 1. The molecule has 2 aliphatic rings. The maximum atomic E-state index is 13.1. The molecule has 2 aromatic carbocycles. The molecule has 1 heterocycles. The summed E-state index contributed by atoms with van der Waals surface area (Å²) in [6.45, 7) is 4.73. The van der Waals surface area contributed by atoms with Crippen molar-refractivity contribution in [3.63, 3.8) is 0 Å². The lowest BCUT2D eigenvalue weighted by atomic mass is 9.92. The summed E-state index contributed by atoms with van der Waals surface area (Å²) in [6, 6.07) is 11.6. The van der Waals surface area contributed by atoms with Crippen LogP contribution >= 0.6 is 0 Å². The number of hydrogen-bond donors (Lipinski definition) is 1. The largest absolute Gasteiger partial charge is 0.326 e. The molecule has 0 radical (unpaired) electrons. The van der Waals surface area contributed by atoms with E-state index in [2.05, 4.69) is 5.32 Å². The number of amides is 1. The lowest BCUT2D eigenvalue weighted by Gasteiger charge is -2.31. The molecule has 0 bridgehead atoms. The Kier molecular flexibility index (Phi) is 5.98. The van der Waals surface area contributed by atoms with E-state index >= 15 is 0 Å². The SMILES string of the molecule is Cc1ccc(C)c(NC(=O)C2CCN(S(=O)(=O)c3ccc4c(c3)CCCC4)CC2)c1. The summed E-state index contributed by atoms with van der Waals surface area (Å²) in [5.74, 6) is -0.186. The first-order chi connectivity index (χ1) is 14.3. The number of sulfonamides is 1. The summed E-state index contributed by atoms with van der Waals surface area (Å²) in [6.07, 6.45) is 5.38. The van der Waals surface area contributed by atoms with E-state index in [4.69, 9.17) is 0 Å². The highest BCUT2D eigenvalue weighted by molar-refractivity contribution is 7.89. The maximum absolute atomic E-state index is 13.1. The van der Waals surface area contributed by atoms with Gasteiger partial charge in [0.05, 0.1) is 4.90 Å². The molecule has 4 rings (SSSR count). The van der Waals surface area contributed by atoms with Crippen LogP contribution in [0.1, 0.15) is 47.9 Å². The number of rotatable bonds is 4. The number of nitrogens with zero attached hydrogens (tertiary/aromatic N) is 1. The lowest BCUT2D eigenvalue weighted by Crippen LogP contribution is -2.41. The van der Waals surface area contributed by atoms with Gasteiger partial charge < -0.3 is 5.32 Å². The second kappa shape index (κ2) is 8.52. The van der Waals surface area contributed by atoms with Crippen LogP contribution in [-0.2, 0) is 27.7 Å². The van der Waals surface area contributed by atoms with Crippen LogP contribution in [0.4, 0.5) is 5.69 Å². The van der Waals surface area contributed by atoms with Gasteiger partial charge in [-0.1, -0.05) is 18.2 Å². The zero-order chi connectivity index (χ0) is 21.3. The molecule has 1 saturated heterocycles. The van der Waals surface area contributed by atoms with Gasteiger partial charge >= 0.3 is 0 Å². The van der Waals surface area contributed by atoms with E-state index < -0.39 is 10.0 Å². The fourth-order valence-electron chi connectivity index (χ4n) is 4.48. The molecule has 2 aromatic rings. The van der Waals surface area contributed by atoms with Crippen molar-refractivity contribution < 1.29 is 13.2 Å². The van der Waals surface area contributed by atoms with Gasteiger partial charge in [-0.05, 0) is 92.8 Å². The van der Waals surface area contributed by atoms with Crippen LogP contribution in [0.5, 0.6) is 0 Å². The molecule has 5 nitrogen and oxygen atoms in total. The highest BCUT2D eigenvalue weighted by Crippen LogP contribution is 2.29. The number of hydrogen-bond acceptors (Lipinski definition) is 3. The van der Waals surface area contributed by atoms with Crippen LogP contribution < -0.4 is 5.32 Å². The van der Waals surface area contributed by atoms with Crippen molar-refractivity contribution in [3.05, 3.63) is 58.7 Å². The smallest absolute Gasteiger partial charge is 0.243 e. The lowest BCUT2D eigenvalue weighted by molar-refractivity contribution is -0.120. The average molecular weight is 427 g/mol. The minimum absolute atomic E-state index is 0.0190. The summed E-state index contributed by atoms with van der Waals surface area (Å²) >= 11 is 0. The van der Waals surface area contributed by atoms with E-state index in [0.717, 1.165) is 36.1 Å². The molecular formula is C24H30N2O3S. The van der Waals surface area contributed by atoms with Crippen molar-refractivity contribution in [1.82, 2.24) is 4.31 Å². The summed E-state index contributed by atoms with van der Waals surface area (Å²) in [5, 5.41) is 3.03. The van der Waals surface area contributed by atoms with Crippen LogP contribution in [-0.4, -0.2) is 31.7 Å². The van der Waals surface area contributed by atoms with Gasteiger partial charge in [-0.3, -0.25) is 4.79 Å². The van der Waals surface area contributed by atoms with Gasteiger partial charge in [0.25, 0.3) is 0 Å². The number of carbonyl (C=O) groups is 1. The molecule has 1 amide bonds. The Morgan fingerprint density at radius 1 is 0.967 bits per heavy atom. The molecule has 0 aromatic heterocycles. The number of carbonyl (C=O) groups excluding carboxylic acids is 1. The molecule has 1 fully saturated rings. The topological polar surface area (TPSA) is 66.5 Å². The third-order valence-electron chi connectivity index (χ3n) is 6.43. The molecule has 0 saturated carbocycles. The van der Waals surface area contributed by atoms with Crippen molar-refractivity contribution >= 4 is 21.6 Å². The molecule has 0 unspecified atom stereocenters. The normalized spacial score (nSPS) is 18.1. The first kappa shape index (κ1) is 21.1. The van der Waals surface area contributed by atoms with Gasteiger partial charge in [0, 0.05) is 24.7 Å². The fraction of sp³-hybridized carbons (Fsp3) is 0.458. The Balaban J connectivity index is 1.41. The zero-order valence-corrected chi connectivity index (χ0v) is 18.6. The summed E-state index contributed by atoms with van der Waals surface area (Å²) in [4.78, 5) is 13.1. The number of benzene rings is 2. The number of anilines is 1. The second-order valence-electron chi connectivity index (χ2n) is 8.62. The van der Waals surface area contributed by atoms with Crippen LogP contribution in [0.25, 0.3) is 0 Å². The monoisotopic (exact) mass is 426 g/mol. The van der Waals surface area contributed by atoms with E-state index in [1.807, 2.05) is 44.2 Å². The molecule has 1 aliphatic carbocycles. The van der Waals surface area contributed by atoms with Crippen molar-refractivity contribution in [3.8, 4) is 0 Å². The summed E-state index contributed by atoms with van der Waals surface area (Å²) < 4.78 is 27.8. The van der Waals surface area contributed by atoms with E-state index in [0.29, 0.717) is 30.8 Å². The standard InChI is InChI=1S/C24H30N2O3S/c1-17-7-8-18(2)23(15-17)25-24(27)20-11-13-26(14-12-20)30(28,29)22-10-9-19-5-3-4-6-21(19)16-22/h7-10,15-16,20H,3-6,11-14H2,1-2H3,(H,25,27). The van der Waals surface area contributed by atoms with Gasteiger partial charge in [-0.25, -0.2) is 8.42 Å². The third-order valence-corrected chi connectivity index (χ3v) is 8.33. The van der Waals surface area contributed by atoms with Crippen LogP contribution in [0.2, 0.25) is 0 Å². The predicted octanol–water partition coefficient (Wildman–Crippen LogP) is 4.22. The minimum atomic E-state index is -3.51. The quantitative estimate of drug-likeness (QED) is 0.796. The highest BCUT2D eigenvalue weighted by atomic mass is 32.2. The van der Waals surface area contributed by atoms with E-state index in [1.54, 1.807) is 10.4 Å².